The van der Waals surface area contributed by atoms with Gasteiger partial charge in [-0.2, -0.15) is 13.2 Å². The first-order valence-corrected chi connectivity index (χ1v) is 11.0. The molecule has 1 N–H and O–H groups in total. The Balaban J connectivity index is 2.21. The number of carbonyl (C=O) groups excluding carboxylic acids is 1. The van der Waals surface area contributed by atoms with E-state index < -0.39 is 29.2 Å². The topological polar surface area (TPSA) is 86.8 Å². The molecule has 0 aliphatic rings. The number of nitrogens with zero attached hydrogens (tertiary/aromatic N) is 1. The first kappa shape index (κ1) is 24.1. The van der Waals surface area contributed by atoms with E-state index >= 15 is 0 Å². The molecule has 0 saturated carbocycles. The lowest BCUT2D eigenvalue weighted by molar-refractivity contribution is -0.204. The Morgan fingerprint density at radius 1 is 1.33 bits per heavy atom. The summed E-state index contributed by atoms with van der Waals surface area (Å²) in [6.07, 6.45) is -4.71. The van der Waals surface area contributed by atoms with Crippen LogP contribution in [0.15, 0.2) is 18.2 Å². The minimum absolute atomic E-state index is 0.242. The van der Waals surface area contributed by atoms with Gasteiger partial charge in [0.05, 0.1) is 23.8 Å². The van der Waals surface area contributed by atoms with Gasteiger partial charge in [-0.15, -0.1) is 11.3 Å². The molecular formula is C18H21F3N2O5S2. The monoisotopic (exact) mass is 466 g/mol. The predicted molar refractivity (Wildman–Crippen MR) is 107 cm³/mol. The van der Waals surface area contributed by atoms with Crippen molar-refractivity contribution in [1.29, 1.82) is 0 Å². The summed E-state index contributed by atoms with van der Waals surface area (Å²) in [5.74, 6) is -1.34. The maximum absolute atomic E-state index is 12.4. The molecule has 0 amide bonds. The van der Waals surface area contributed by atoms with Gasteiger partial charge in [0.25, 0.3) is 0 Å². The van der Waals surface area contributed by atoms with Crippen molar-refractivity contribution in [2.24, 2.45) is 0 Å². The molecule has 1 unspecified atom stereocenters. The molecule has 0 saturated heterocycles. The number of nitrogens with one attached hydrogen (secondary N) is 1. The number of hydrogen-bond donors (Lipinski definition) is 1. The number of thiazole rings is 1. The van der Waals surface area contributed by atoms with Gasteiger partial charge in [0.1, 0.15) is 17.7 Å². The van der Waals surface area contributed by atoms with Gasteiger partial charge in [-0.1, -0.05) is 0 Å². The van der Waals surface area contributed by atoms with Crippen LogP contribution >= 0.6 is 11.3 Å². The molecule has 0 fully saturated rings. The Morgan fingerprint density at radius 3 is 2.63 bits per heavy atom. The van der Waals surface area contributed by atoms with Crippen LogP contribution in [0.25, 0.3) is 10.6 Å². The zero-order valence-corrected chi connectivity index (χ0v) is 18.3. The highest BCUT2D eigenvalue weighted by Crippen LogP contribution is 2.37. The molecule has 30 heavy (non-hydrogen) atoms. The normalized spacial score (nSPS) is 13.6. The standard InChI is InChI=1S/C18H21F3N2O5S2/c1-10(28-17(24)18(19,20)21)15-11(2)29-16(23-15)12-5-6-13(26-3)14(9-12)27-8-7-22-30(4)25/h5-6,9-10,22H,7-8H2,1-4H3/t10-,30?/m0/s1. The smallest absolute Gasteiger partial charge is 0.490 e. The number of halogens is 3. The van der Waals surface area contributed by atoms with Crippen LogP contribution in [0.4, 0.5) is 13.2 Å². The Morgan fingerprint density at radius 2 is 2.03 bits per heavy atom. The molecule has 166 valence electrons. The van der Waals surface area contributed by atoms with Gasteiger partial charge in [0, 0.05) is 23.2 Å². The average molecular weight is 467 g/mol. The van der Waals surface area contributed by atoms with Crippen LogP contribution < -0.4 is 14.2 Å². The van der Waals surface area contributed by atoms with Crippen molar-refractivity contribution in [3.63, 3.8) is 0 Å². The lowest BCUT2D eigenvalue weighted by Crippen LogP contribution is -2.26. The van der Waals surface area contributed by atoms with Crippen molar-refractivity contribution in [3.05, 3.63) is 28.8 Å². The molecule has 0 radical (unpaired) electrons. The molecule has 2 rings (SSSR count). The molecule has 0 spiro atoms. The largest absolute Gasteiger partial charge is 0.493 e. The molecule has 0 aliphatic carbocycles. The van der Waals surface area contributed by atoms with Crippen LogP contribution in [-0.2, 0) is 20.5 Å². The third-order valence-electron chi connectivity index (χ3n) is 3.81. The second kappa shape index (κ2) is 10.2. The summed E-state index contributed by atoms with van der Waals surface area (Å²) in [7, 11) is 0.335. The van der Waals surface area contributed by atoms with Crippen LogP contribution in [0.3, 0.4) is 0 Å². The highest BCUT2D eigenvalue weighted by molar-refractivity contribution is 7.82. The third kappa shape index (κ3) is 6.41. The highest BCUT2D eigenvalue weighted by Gasteiger charge is 2.42. The first-order valence-electron chi connectivity index (χ1n) is 8.66. The average Bonchev–Trinajstić information content (AvgIpc) is 3.06. The SMILES string of the molecule is COc1ccc(-c2nc([C@H](C)OC(=O)C(F)(F)F)c(C)s2)cc1OCCNS(C)=O. The predicted octanol–water partition coefficient (Wildman–Crippen LogP) is 3.56. The molecular weight excluding hydrogens is 445 g/mol. The summed E-state index contributed by atoms with van der Waals surface area (Å²) >= 11 is 1.25. The molecule has 1 aromatic carbocycles. The third-order valence-corrected chi connectivity index (χ3v) is 5.45. The number of hydrogen-bond acceptors (Lipinski definition) is 7. The minimum Gasteiger partial charge on any atom is -0.493 e. The maximum atomic E-state index is 12.4. The van der Waals surface area contributed by atoms with E-state index in [1.807, 2.05) is 0 Å². The summed E-state index contributed by atoms with van der Waals surface area (Å²) in [4.78, 5) is 16.1. The van der Waals surface area contributed by atoms with Gasteiger partial charge in [-0.05, 0) is 32.0 Å². The highest BCUT2D eigenvalue weighted by atomic mass is 32.2. The second-order valence-electron chi connectivity index (χ2n) is 6.07. The van der Waals surface area contributed by atoms with E-state index in [2.05, 4.69) is 14.4 Å². The fourth-order valence-electron chi connectivity index (χ4n) is 2.46. The fourth-order valence-corrected chi connectivity index (χ4v) is 3.83. The maximum Gasteiger partial charge on any atom is 0.490 e. The summed E-state index contributed by atoms with van der Waals surface area (Å²) in [5.41, 5.74) is 0.909. The number of methoxy groups -OCH3 is 1. The van der Waals surface area contributed by atoms with E-state index in [9.17, 15) is 22.2 Å². The number of ether oxygens (including phenoxy) is 3. The Labute approximate surface area is 178 Å². The van der Waals surface area contributed by atoms with Gasteiger partial charge >= 0.3 is 12.1 Å². The van der Waals surface area contributed by atoms with Crippen molar-refractivity contribution >= 4 is 28.3 Å². The lowest BCUT2D eigenvalue weighted by Gasteiger charge is -2.13. The van der Waals surface area contributed by atoms with Gasteiger partial charge in [0.2, 0.25) is 0 Å². The number of esters is 1. The van der Waals surface area contributed by atoms with Gasteiger partial charge in [-0.3, -0.25) is 0 Å². The van der Waals surface area contributed by atoms with Crippen molar-refractivity contribution in [2.45, 2.75) is 26.1 Å². The fraction of sp³-hybridized carbons (Fsp3) is 0.444. The Hall–Kier alpha value is -2.18. The van der Waals surface area contributed by atoms with Crippen LogP contribution in [0.2, 0.25) is 0 Å². The van der Waals surface area contributed by atoms with Crippen molar-refractivity contribution in [2.75, 3.05) is 26.5 Å². The summed E-state index contributed by atoms with van der Waals surface area (Å²) in [5, 5.41) is 0.526. The lowest BCUT2D eigenvalue weighted by atomic mass is 10.2. The molecule has 7 nitrogen and oxygen atoms in total. The van der Waals surface area contributed by atoms with Crippen LogP contribution in [-0.4, -0.2) is 47.9 Å². The van der Waals surface area contributed by atoms with E-state index in [1.54, 1.807) is 25.1 Å². The van der Waals surface area contributed by atoms with Crippen molar-refractivity contribution < 1.29 is 36.4 Å². The Bertz CT molecular complexity index is 918. The molecule has 1 heterocycles. The number of alkyl halides is 3. The van der Waals surface area contributed by atoms with Gasteiger partial charge in [0.15, 0.2) is 11.5 Å². The molecule has 1 aromatic heterocycles. The number of rotatable bonds is 9. The molecule has 0 aliphatic heterocycles. The van der Waals surface area contributed by atoms with Gasteiger partial charge in [-0.25, -0.2) is 18.7 Å². The van der Waals surface area contributed by atoms with E-state index in [0.717, 1.165) is 0 Å². The van der Waals surface area contributed by atoms with E-state index in [4.69, 9.17) is 9.47 Å². The Kier molecular flexibility index (Phi) is 8.21. The number of aromatic nitrogens is 1. The zero-order chi connectivity index (χ0) is 22.5. The van der Waals surface area contributed by atoms with E-state index in [0.29, 0.717) is 33.5 Å². The quantitative estimate of drug-likeness (QED) is 0.449. The first-order chi connectivity index (χ1) is 14.0. The van der Waals surface area contributed by atoms with Crippen LogP contribution in [0, 0.1) is 6.92 Å². The van der Waals surface area contributed by atoms with E-state index in [-0.39, 0.29) is 12.3 Å². The number of benzene rings is 1. The molecule has 2 aromatic rings. The van der Waals surface area contributed by atoms with Crippen LogP contribution in [0.5, 0.6) is 11.5 Å². The van der Waals surface area contributed by atoms with Crippen molar-refractivity contribution in [1.82, 2.24) is 9.71 Å². The number of aryl methyl sites for hydroxylation is 1. The van der Waals surface area contributed by atoms with Crippen LogP contribution in [0.1, 0.15) is 23.6 Å². The van der Waals surface area contributed by atoms with Gasteiger partial charge < -0.3 is 14.2 Å². The molecule has 0 bridgehead atoms. The number of carbonyl (C=O) groups is 1. The molecule has 2 atom stereocenters. The summed E-state index contributed by atoms with van der Waals surface area (Å²) < 4.78 is 66.5. The second-order valence-corrected chi connectivity index (χ2v) is 8.47. The summed E-state index contributed by atoms with van der Waals surface area (Å²) in [6.45, 7) is 3.62. The van der Waals surface area contributed by atoms with E-state index in [1.165, 1.54) is 31.6 Å². The van der Waals surface area contributed by atoms with Crippen molar-refractivity contribution in [3.8, 4) is 22.1 Å². The zero-order valence-electron chi connectivity index (χ0n) is 16.7. The molecule has 12 heteroatoms. The minimum atomic E-state index is -5.07. The summed E-state index contributed by atoms with van der Waals surface area (Å²) in [6, 6.07) is 5.11.